The van der Waals surface area contributed by atoms with E-state index in [9.17, 15) is 18.0 Å². The number of urea groups is 1. The number of nitrogens with one attached hydrogen (secondary N) is 1. The van der Waals surface area contributed by atoms with Gasteiger partial charge >= 0.3 is 12.2 Å². The molecule has 1 heterocycles. The zero-order valence-electron chi connectivity index (χ0n) is 17.6. The number of benzene rings is 2. The predicted molar refractivity (Wildman–Crippen MR) is 117 cm³/mol. The number of hydrogen-bond acceptors (Lipinski definition) is 3. The maximum Gasteiger partial charge on any atom is 0.416 e. The number of hydrogen-bond donors (Lipinski definition) is 2. The van der Waals surface area contributed by atoms with Crippen molar-refractivity contribution in [1.29, 1.82) is 0 Å². The van der Waals surface area contributed by atoms with Crippen LogP contribution in [0.1, 0.15) is 56.2 Å². The molecule has 3 N–H and O–H groups in total. The molecule has 0 atom stereocenters. The number of hydrazone groups is 1. The molecule has 6 nitrogen and oxygen atoms in total. The van der Waals surface area contributed by atoms with Crippen LogP contribution < -0.4 is 11.2 Å². The van der Waals surface area contributed by atoms with Gasteiger partial charge in [-0.15, -0.1) is 0 Å². The summed E-state index contributed by atoms with van der Waals surface area (Å²) in [6.45, 7) is 1.74. The molecule has 168 valence electrons. The van der Waals surface area contributed by atoms with Gasteiger partial charge in [-0.05, 0) is 49.6 Å². The van der Waals surface area contributed by atoms with Crippen molar-refractivity contribution in [3.05, 3.63) is 53.6 Å². The summed E-state index contributed by atoms with van der Waals surface area (Å²) < 4.78 is 41.2. The Kier molecular flexibility index (Phi) is 5.90. The van der Waals surface area contributed by atoms with Crippen LogP contribution in [-0.2, 0) is 6.18 Å². The third kappa shape index (κ3) is 4.46. The van der Waals surface area contributed by atoms with Crippen molar-refractivity contribution in [3.8, 4) is 11.4 Å². The number of nitrogens with zero attached hydrogens (tertiary/aromatic N) is 3. The van der Waals surface area contributed by atoms with Crippen molar-refractivity contribution in [2.75, 3.05) is 0 Å². The van der Waals surface area contributed by atoms with Gasteiger partial charge in [0.25, 0.3) is 0 Å². The molecule has 0 spiro atoms. The fraction of sp³-hybridized carbons (Fsp3) is 0.348. The van der Waals surface area contributed by atoms with E-state index in [-0.39, 0.29) is 6.04 Å². The normalized spacial score (nSPS) is 15.8. The summed E-state index contributed by atoms with van der Waals surface area (Å²) in [5, 5.41) is 3.96. The third-order valence-electron chi connectivity index (χ3n) is 5.85. The van der Waals surface area contributed by atoms with Crippen LogP contribution in [0.5, 0.6) is 0 Å². The van der Waals surface area contributed by atoms with Gasteiger partial charge in [-0.2, -0.15) is 18.3 Å². The Morgan fingerprint density at radius 2 is 1.81 bits per heavy atom. The second kappa shape index (κ2) is 8.64. The first-order valence-electron chi connectivity index (χ1n) is 10.5. The van der Waals surface area contributed by atoms with E-state index < -0.39 is 17.8 Å². The largest absolute Gasteiger partial charge is 0.416 e. The van der Waals surface area contributed by atoms with Gasteiger partial charge in [0.15, 0.2) is 0 Å². The first-order chi connectivity index (χ1) is 15.2. The Balaban J connectivity index is 1.81. The fourth-order valence-corrected chi connectivity index (χ4v) is 4.25. The standard InChI is InChI=1S/C23H24F3N5O/c1-14(29-30-22(27)32)16-9-12-20-19(13-16)28-21(31(20)18-5-3-2-4-6-18)15-7-10-17(11-8-15)23(24,25)26/h7-13,18H,2-6H2,1H3,(H3,27,30,32)/b29-14+. The lowest BCUT2D eigenvalue weighted by molar-refractivity contribution is -0.137. The molecule has 1 saturated carbocycles. The zero-order chi connectivity index (χ0) is 22.9. The van der Waals surface area contributed by atoms with Crippen LogP contribution in [0, 0.1) is 0 Å². The lowest BCUT2D eigenvalue weighted by Gasteiger charge is -2.25. The Morgan fingerprint density at radius 3 is 2.44 bits per heavy atom. The molecular weight excluding hydrogens is 419 g/mol. The van der Waals surface area contributed by atoms with Crippen LogP contribution in [0.4, 0.5) is 18.0 Å². The Hall–Kier alpha value is -3.36. The molecule has 4 rings (SSSR count). The van der Waals surface area contributed by atoms with E-state index >= 15 is 0 Å². The summed E-state index contributed by atoms with van der Waals surface area (Å²) in [5.41, 5.74) is 10.2. The number of amides is 2. The molecule has 3 aromatic rings. The molecule has 0 saturated heterocycles. The van der Waals surface area contributed by atoms with Gasteiger partial charge in [0.2, 0.25) is 0 Å². The minimum absolute atomic E-state index is 0.239. The highest BCUT2D eigenvalue weighted by Crippen LogP contribution is 2.37. The highest BCUT2D eigenvalue weighted by molar-refractivity contribution is 6.01. The van der Waals surface area contributed by atoms with Crippen LogP contribution >= 0.6 is 0 Å². The number of nitrogens with two attached hydrogens (primary N) is 1. The molecule has 9 heteroatoms. The molecule has 1 aliphatic rings. The molecule has 0 aliphatic heterocycles. The Labute approximate surface area is 183 Å². The van der Waals surface area contributed by atoms with Crippen molar-refractivity contribution in [1.82, 2.24) is 15.0 Å². The summed E-state index contributed by atoms with van der Waals surface area (Å²) in [7, 11) is 0. The highest BCUT2D eigenvalue weighted by Gasteiger charge is 2.30. The van der Waals surface area contributed by atoms with Gasteiger partial charge in [-0.3, -0.25) is 0 Å². The van der Waals surface area contributed by atoms with Gasteiger partial charge in [0, 0.05) is 11.6 Å². The van der Waals surface area contributed by atoms with Crippen LogP contribution in [0.25, 0.3) is 22.4 Å². The van der Waals surface area contributed by atoms with E-state index in [0.717, 1.165) is 54.4 Å². The Morgan fingerprint density at radius 1 is 1.12 bits per heavy atom. The van der Waals surface area contributed by atoms with Gasteiger partial charge in [0.1, 0.15) is 5.82 Å². The predicted octanol–water partition coefficient (Wildman–Crippen LogP) is 5.62. The smallest absolute Gasteiger partial charge is 0.350 e. The van der Waals surface area contributed by atoms with Crippen molar-refractivity contribution in [3.63, 3.8) is 0 Å². The molecule has 0 unspecified atom stereocenters. The molecule has 1 aliphatic carbocycles. The average Bonchev–Trinajstić information content (AvgIpc) is 3.16. The number of aromatic nitrogens is 2. The van der Waals surface area contributed by atoms with E-state index in [0.29, 0.717) is 17.1 Å². The first-order valence-corrected chi connectivity index (χ1v) is 10.5. The Bertz CT molecular complexity index is 1160. The first kappa shape index (κ1) is 21.9. The van der Waals surface area contributed by atoms with Crippen molar-refractivity contribution >= 4 is 22.8 Å². The second-order valence-electron chi connectivity index (χ2n) is 8.05. The maximum atomic E-state index is 13.0. The molecule has 1 aromatic heterocycles. The molecular formula is C23H24F3N5O. The summed E-state index contributed by atoms with van der Waals surface area (Å²) in [5.74, 6) is 0.655. The van der Waals surface area contributed by atoms with Crippen molar-refractivity contribution < 1.29 is 18.0 Å². The summed E-state index contributed by atoms with van der Waals surface area (Å²) in [4.78, 5) is 15.7. The average molecular weight is 443 g/mol. The molecule has 2 aromatic carbocycles. The van der Waals surface area contributed by atoms with E-state index in [2.05, 4.69) is 15.1 Å². The number of carbonyl (C=O) groups excluding carboxylic acids is 1. The fourth-order valence-electron chi connectivity index (χ4n) is 4.25. The lowest BCUT2D eigenvalue weighted by Crippen LogP contribution is -2.25. The van der Waals surface area contributed by atoms with E-state index in [1.807, 2.05) is 18.2 Å². The molecule has 0 bridgehead atoms. The molecule has 32 heavy (non-hydrogen) atoms. The van der Waals surface area contributed by atoms with E-state index in [4.69, 9.17) is 10.7 Å². The topological polar surface area (TPSA) is 85.3 Å². The number of halogens is 3. The van der Waals surface area contributed by atoms with Gasteiger partial charge in [0.05, 0.1) is 22.3 Å². The zero-order valence-corrected chi connectivity index (χ0v) is 17.6. The van der Waals surface area contributed by atoms with Crippen LogP contribution in [0.3, 0.4) is 0 Å². The number of alkyl halides is 3. The van der Waals surface area contributed by atoms with Gasteiger partial charge < -0.3 is 10.3 Å². The number of fused-ring (bicyclic) bond motifs is 1. The number of imidazole rings is 1. The third-order valence-corrected chi connectivity index (χ3v) is 5.85. The van der Waals surface area contributed by atoms with Crippen molar-refractivity contribution in [2.45, 2.75) is 51.2 Å². The minimum atomic E-state index is -4.38. The number of rotatable bonds is 4. The van der Waals surface area contributed by atoms with Crippen molar-refractivity contribution in [2.24, 2.45) is 10.8 Å². The van der Waals surface area contributed by atoms with Crippen LogP contribution in [-0.4, -0.2) is 21.3 Å². The number of primary amides is 1. The number of carbonyl (C=O) groups is 1. The second-order valence-corrected chi connectivity index (χ2v) is 8.05. The van der Waals surface area contributed by atoms with E-state index in [1.54, 1.807) is 6.92 Å². The summed E-state index contributed by atoms with van der Waals surface area (Å²) in [6.07, 6.45) is 1.03. The molecule has 0 radical (unpaired) electrons. The van der Waals surface area contributed by atoms with Gasteiger partial charge in [-0.25, -0.2) is 15.2 Å². The summed E-state index contributed by atoms with van der Waals surface area (Å²) >= 11 is 0. The summed E-state index contributed by atoms with van der Waals surface area (Å²) in [6, 6.07) is 10.3. The van der Waals surface area contributed by atoms with Crippen LogP contribution in [0.2, 0.25) is 0 Å². The van der Waals surface area contributed by atoms with Crippen LogP contribution in [0.15, 0.2) is 47.6 Å². The lowest BCUT2D eigenvalue weighted by atomic mass is 9.94. The SMILES string of the molecule is C/C(=N\NC(N)=O)c1ccc2c(c1)nc(-c1ccc(C(F)(F)F)cc1)n2C1CCCCC1. The quantitative estimate of drug-likeness (QED) is 0.405. The van der Waals surface area contributed by atoms with Gasteiger partial charge in [-0.1, -0.05) is 37.5 Å². The minimum Gasteiger partial charge on any atom is -0.350 e. The highest BCUT2D eigenvalue weighted by atomic mass is 19.4. The molecule has 1 fully saturated rings. The molecule has 2 amide bonds. The maximum absolute atomic E-state index is 13.0. The van der Waals surface area contributed by atoms with E-state index in [1.165, 1.54) is 18.6 Å². The monoisotopic (exact) mass is 443 g/mol.